The van der Waals surface area contributed by atoms with Crippen LogP contribution in [0.1, 0.15) is 46.4 Å². The van der Waals surface area contributed by atoms with Crippen LogP contribution in [-0.2, 0) is 16.1 Å². The largest absolute Gasteiger partial charge is 0.396 e. The number of nitrogens with one attached hydrogen (secondary N) is 1. The topological polar surface area (TPSA) is 88.0 Å². The van der Waals surface area contributed by atoms with E-state index in [9.17, 15) is 15.0 Å². The lowest BCUT2D eigenvalue weighted by atomic mass is 9.91. The Hall–Kier alpha value is -2.68. The van der Waals surface area contributed by atoms with E-state index in [2.05, 4.69) is 12.2 Å². The van der Waals surface area contributed by atoms with Gasteiger partial charge in [0.05, 0.1) is 25.4 Å². The second-order valence-corrected chi connectivity index (χ2v) is 9.72. The lowest BCUT2D eigenvalue weighted by Crippen LogP contribution is -2.38. The molecule has 1 saturated heterocycles. The van der Waals surface area contributed by atoms with Gasteiger partial charge in [0, 0.05) is 34.2 Å². The van der Waals surface area contributed by atoms with Crippen LogP contribution in [0.3, 0.4) is 0 Å². The second kappa shape index (κ2) is 12.3. The molecule has 0 aromatic heterocycles. The summed E-state index contributed by atoms with van der Waals surface area (Å²) >= 11 is 1.65. The van der Waals surface area contributed by atoms with Crippen LogP contribution in [0.5, 0.6) is 0 Å². The van der Waals surface area contributed by atoms with Crippen LogP contribution < -0.4 is 5.32 Å². The fraction of sp³-hybridized carbons (Fsp3) is 0.321. The number of rotatable bonds is 9. The first-order valence-electron chi connectivity index (χ1n) is 11.7. The zero-order valence-electron chi connectivity index (χ0n) is 19.7. The highest BCUT2D eigenvalue weighted by molar-refractivity contribution is 7.99. The van der Waals surface area contributed by atoms with E-state index in [-0.39, 0.29) is 37.2 Å². The molecular weight excluding hydrogens is 462 g/mol. The minimum atomic E-state index is -0.609. The number of hydrogen-bond acceptors (Lipinski definition) is 6. The molecule has 4 rings (SSSR count). The van der Waals surface area contributed by atoms with Crippen LogP contribution >= 0.6 is 11.8 Å². The van der Waals surface area contributed by atoms with Crippen LogP contribution in [0.15, 0.2) is 78.9 Å². The summed E-state index contributed by atoms with van der Waals surface area (Å²) in [5.41, 5.74) is 3.94. The Balaban J connectivity index is 1.56. The van der Waals surface area contributed by atoms with Gasteiger partial charge in [-0.25, -0.2) is 0 Å². The van der Waals surface area contributed by atoms with Crippen molar-refractivity contribution in [2.24, 2.45) is 5.92 Å². The maximum atomic E-state index is 12.6. The van der Waals surface area contributed by atoms with Gasteiger partial charge in [0.15, 0.2) is 6.29 Å². The van der Waals surface area contributed by atoms with Crippen LogP contribution in [0.4, 0.5) is 5.69 Å². The predicted molar refractivity (Wildman–Crippen MR) is 138 cm³/mol. The number of carbonyl (C=O) groups excluding carboxylic acids is 1. The molecule has 3 N–H and O–H groups in total. The number of benzene rings is 3. The number of carbonyl (C=O) groups is 1. The minimum Gasteiger partial charge on any atom is -0.396 e. The summed E-state index contributed by atoms with van der Waals surface area (Å²) in [6, 6.07) is 24.4. The molecule has 0 radical (unpaired) electrons. The Bertz CT molecular complexity index is 1090. The third-order valence-corrected chi connectivity index (χ3v) is 7.13. The Morgan fingerprint density at radius 3 is 2.43 bits per heavy atom. The molecule has 7 heteroatoms. The van der Waals surface area contributed by atoms with Crippen molar-refractivity contribution < 1.29 is 24.5 Å². The molecule has 1 aliphatic heterocycles. The van der Waals surface area contributed by atoms with Crippen molar-refractivity contribution in [3.05, 3.63) is 101 Å². The normalized spacial score (nSPS) is 22.0. The number of aliphatic hydroxyl groups is 2. The summed E-state index contributed by atoms with van der Waals surface area (Å²) in [5.74, 6) is 1.28. The van der Waals surface area contributed by atoms with Gasteiger partial charge in [-0.3, -0.25) is 4.79 Å². The summed E-state index contributed by atoms with van der Waals surface area (Å²) in [7, 11) is 0. The van der Waals surface area contributed by atoms with Crippen LogP contribution in [0.25, 0.3) is 0 Å². The van der Waals surface area contributed by atoms with Crippen LogP contribution in [0, 0.1) is 5.92 Å². The summed E-state index contributed by atoms with van der Waals surface area (Å²) < 4.78 is 12.9. The number of ether oxygens (including phenoxy) is 2. The smallest absolute Gasteiger partial charge is 0.255 e. The van der Waals surface area contributed by atoms with E-state index in [4.69, 9.17) is 9.47 Å². The molecule has 0 aliphatic carbocycles. The molecule has 3 aromatic rings. The third kappa shape index (κ3) is 6.51. The Morgan fingerprint density at radius 2 is 1.71 bits per heavy atom. The lowest BCUT2D eigenvalue weighted by Gasteiger charge is -2.41. The highest BCUT2D eigenvalue weighted by atomic mass is 32.2. The average Bonchev–Trinajstić information content (AvgIpc) is 2.90. The predicted octanol–water partition coefficient (Wildman–Crippen LogP) is 4.95. The number of aliphatic hydroxyl groups excluding tert-OH is 2. The number of amides is 1. The molecule has 1 heterocycles. The molecule has 0 bridgehead atoms. The van der Waals surface area contributed by atoms with Gasteiger partial charge in [-0.15, -0.1) is 0 Å². The molecule has 0 saturated carbocycles. The van der Waals surface area contributed by atoms with Crippen molar-refractivity contribution in [2.45, 2.75) is 32.0 Å². The highest BCUT2D eigenvalue weighted by Gasteiger charge is 2.38. The van der Waals surface area contributed by atoms with Gasteiger partial charge in [0.2, 0.25) is 0 Å². The number of hydrogen-bond donors (Lipinski definition) is 3. The summed E-state index contributed by atoms with van der Waals surface area (Å²) in [6.07, 6.45) is -0.902. The molecule has 3 aromatic carbocycles. The van der Waals surface area contributed by atoms with E-state index >= 15 is 0 Å². The quantitative estimate of drug-likeness (QED) is 0.366. The minimum absolute atomic E-state index is 0.00495. The van der Waals surface area contributed by atoms with Crippen molar-refractivity contribution in [1.82, 2.24) is 0 Å². The molecule has 4 unspecified atom stereocenters. The lowest BCUT2D eigenvalue weighted by molar-refractivity contribution is -0.268. The first-order valence-corrected chi connectivity index (χ1v) is 12.9. The first kappa shape index (κ1) is 25.4. The Labute approximate surface area is 210 Å². The zero-order chi connectivity index (χ0) is 24.6. The van der Waals surface area contributed by atoms with Crippen molar-refractivity contribution >= 4 is 23.4 Å². The van der Waals surface area contributed by atoms with E-state index in [0.717, 1.165) is 22.4 Å². The van der Waals surface area contributed by atoms with Crippen molar-refractivity contribution in [3.8, 4) is 0 Å². The third-order valence-electron chi connectivity index (χ3n) is 6.09. The van der Waals surface area contributed by atoms with Crippen LogP contribution in [-0.4, -0.2) is 40.3 Å². The van der Waals surface area contributed by atoms with E-state index < -0.39 is 6.29 Å². The average molecular weight is 494 g/mol. The van der Waals surface area contributed by atoms with Crippen molar-refractivity contribution in [1.29, 1.82) is 0 Å². The van der Waals surface area contributed by atoms with Gasteiger partial charge in [-0.2, -0.15) is 11.8 Å². The van der Waals surface area contributed by atoms with Gasteiger partial charge in [-0.05, 0) is 35.4 Å². The maximum Gasteiger partial charge on any atom is 0.255 e. The summed E-state index contributed by atoms with van der Waals surface area (Å²) in [5, 5.41) is 21.6. The Kier molecular flexibility index (Phi) is 8.95. The van der Waals surface area contributed by atoms with Crippen molar-refractivity contribution in [3.63, 3.8) is 0 Å². The SMILES string of the molecule is CC1C(CSCCO)OC(c2cccc(NC(=O)c3ccccc3)c2)OC1c1ccc(CO)cc1. The molecule has 184 valence electrons. The maximum absolute atomic E-state index is 12.6. The van der Waals surface area contributed by atoms with Gasteiger partial charge in [-0.1, -0.05) is 61.5 Å². The molecule has 35 heavy (non-hydrogen) atoms. The molecule has 1 aliphatic rings. The molecule has 4 atom stereocenters. The molecule has 6 nitrogen and oxygen atoms in total. The zero-order valence-corrected chi connectivity index (χ0v) is 20.5. The number of anilines is 1. The Morgan fingerprint density at radius 1 is 0.943 bits per heavy atom. The van der Waals surface area contributed by atoms with Crippen LogP contribution in [0.2, 0.25) is 0 Å². The van der Waals surface area contributed by atoms with Gasteiger partial charge in [0.1, 0.15) is 0 Å². The number of thioether (sulfide) groups is 1. The standard InChI is InChI=1S/C28H31NO5S/c1-19-25(18-35-15-14-30)33-28(34-26(19)21-12-10-20(17-31)11-13-21)23-8-5-9-24(16-23)29-27(32)22-6-3-2-4-7-22/h2-13,16,19,25-26,28,30-31H,14-15,17-18H2,1H3,(H,29,32). The first-order chi connectivity index (χ1) is 17.1. The molecule has 1 amide bonds. The highest BCUT2D eigenvalue weighted by Crippen LogP contribution is 2.42. The van der Waals surface area contributed by atoms with Gasteiger partial charge in [0.25, 0.3) is 5.91 Å². The monoisotopic (exact) mass is 493 g/mol. The molecule has 0 spiro atoms. The fourth-order valence-corrected chi connectivity index (χ4v) is 5.04. The van der Waals surface area contributed by atoms with Crippen molar-refractivity contribution in [2.75, 3.05) is 23.4 Å². The molecular formula is C28H31NO5S. The van der Waals surface area contributed by atoms with Gasteiger partial charge >= 0.3 is 0 Å². The van der Waals surface area contributed by atoms with E-state index in [1.807, 2.05) is 66.7 Å². The molecule has 1 fully saturated rings. The van der Waals surface area contributed by atoms with E-state index in [1.54, 1.807) is 23.9 Å². The summed E-state index contributed by atoms with van der Waals surface area (Å²) in [6.45, 7) is 2.23. The summed E-state index contributed by atoms with van der Waals surface area (Å²) in [4.78, 5) is 12.6. The van der Waals surface area contributed by atoms with E-state index in [0.29, 0.717) is 17.0 Å². The second-order valence-electron chi connectivity index (χ2n) is 8.57. The van der Waals surface area contributed by atoms with E-state index in [1.165, 1.54) is 0 Å². The fourth-order valence-electron chi connectivity index (χ4n) is 4.13. The van der Waals surface area contributed by atoms with Gasteiger partial charge < -0.3 is 25.0 Å².